The molecule has 22 heavy (non-hydrogen) atoms. The fraction of sp³-hybridized carbons (Fsp3) is 0.167. The summed E-state index contributed by atoms with van der Waals surface area (Å²) in [5, 5.41) is 24.3. The van der Waals surface area contributed by atoms with Gasteiger partial charge in [0.15, 0.2) is 0 Å². The van der Waals surface area contributed by atoms with E-state index in [9.17, 15) is 14.9 Å². The summed E-state index contributed by atoms with van der Waals surface area (Å²) in [6, 6.07) is 5.78. The van der Waals surface area contributed by atoms with Gasteiger partial charge < -0.3 is 10.1 Å². The molecule has 0 radical (unpaired) electrons. The van der Waals surface area contributed by atoms with E-state index in [0.29, 0.717) is 5.56 Å². The summed E-state index contributed by atoms with van der Waals surface area (Å²) in [6.07, 6.45) is 1.41. The van der Waals surface area contributed by atoms with Crippen LogP contribution in [0.5, 0.6) is 5.88 Å². The Hall–Kier alpha value is -3.30. The molecular weight excluding hydrogens is 292 g/mol. The number of methoxy groups -OCH3 is 1. The van der Waals surface area contributed by atoms with Crippen LogP contribution in [0.1, 0.15) is 16.1 Å². The van der Waals surface area contributed by atoms with E-state index >= 15 is 0 Å². The number of carbonyl (C=O) groups is 1. The summed E-state index contributed by atoms with van der Waals surface area (Å²) in [5.41, 5.74) is 0.605. The van der Waals surface area contributed by atoms with Crippen LogP contribution in [0.15, 0.2) is 29.4 Å². The minimum atomic E-state index is -0.489. The highest BCUT2D eigenvalue weighted by Gasteiger charge is 2.19. The van der Waals surface area contributed by atoms with Gasteiger partial charge in [-0.15, -0.1) is 5.10 Å². The molecule has 1 aromatic heterocycles. The summed E-state index contributed by atoms with van der Waals surface area (Å²) in [7, 11) is 2.82. The minimum Gasteiger partial charge on any atom is -0.478 e. The second-order valence-electron chi connectivity index (χ2n) is 4.01. The molecule has 0 aliphatic rings. The molecule has 10 nitrogen and oxygen atoms in total. The van der Waals surface area contributed by atoms with Crippen LogP contribution in [-0.2, 0) is 0 Å². The normalized spacial score (nSPS) is 10.6. The van der Waals surface area contributed by atoms with Crippen molar-refractivity contribution in [3.05, 3.63) is 45.6 Å². The lowest BCUT2D eigenvalue weighted by atomic mass is 10.2. The molecule has 0 bridgehead atoms. The van der Waals surface area contributed by atoms with Gasteiger partial charge in [0, 0.05) is 19.2 Å². The van der Waals surface area contributed by atoms with E-state index in [-0.39, 0.29) is 17.3 Å². The van der Waals surface area contributed by atoms with Crippen LogP contribution in [0.3, 0.4) is 0 Å². The van der Waals surface area contributed by atoms with Crippen molar-refractivity contribution in [2.45, 2.75) is 0 Å². The molecule has 114 valence electrons. The van der Waals surface area contributed by atoms with Gasteiger partial charge in [-0.25, -0.2) is 0 Å². The van der Waals surface area contributed by atoms with Crippen LogP contribution in [-0.4, -0.2) is 46.3 Å². The van der Waals surface area contributed by atoms with Gasteiger partial charge in [0.1, 0.15) is 0 Å². The SMILES string of the molecule is CNC(=O)c1nnn(/N=C/c2ccc([N+](=O)[O-])cc2)c1OC. The van der Waals surface area contributed by atoms with Gasteiger partial charge >= 0.3 is 0 Å². The van der Waals surface area contributed by atoms with E-state index < -0.39 is 10.8 Å². The fourth-order valence-electron chi connectivity index (χ4n) is 1.58. The zero-order valence-corrected chi connectivity index (χ0v) is 11.8. The highest BCUT2D eigenvalue weighted by atomic mass is 16.6. The van der Waals surface area contributed by atoms with Crippen LogP contribution in [0.2, 0.25) is 0 Å². The van der Waals surface area contributed by atoms with Crippen molar-refractivity contribution in [1.82, 2.24) is 20.4 Å². The van der Waals surface area contributed by atoms with Gasteiger partial charge in [0.25, 0.3) is 17.5 Å². The lowest BCUT2D eigenvalue weighted by Crippen LogP contribution is -2.19. The van der Waals surface area contributed by atoms with Crippen LogP contribution in [0, 0.1) is 10.1 Å². The van der Waals surface area contributed by atoms with E-state index in [1.807, 2.05) is 0 Å². The number of benzene rings is 1. The lowest BCUT2D eigenvalue weighted by Gasteiger charge is -2.00. The third-order valence-electron chi connectivity index (χ3n) is 2.67. The van der Waals surface area contributed by atoms with Crippen molar-refractivity contribution in [2.24, 2.45) is 5.10 Å². The standard InChI is InChI=1S/C12H12N6O4/c1-13-11(19)10-12(22-2)17(16-15-10)14-7-8-3-5-9(6-4-8)18(20)21/h3-7H,1-2H3,(H,13,19)/b14-7+. The van der Waals surface area contributed by atoms with Crippen molar-refractivity contribution in [3.63, 3.8) is 0 Å². The van der Waals surface area contributed by atoms with Gasteiger partial charge in [0.2, 0.25) is 5.69 Å². The number of ether oxygens (including phenoxy) is 1. The first-order valence-corrected chi connectivity index (χ1v) is 6.07. The number of non-ortho nitro benzene ring substituents is 1. The van der Waals surface area contributed by atoms with E-state index in [2.05, 4.69) is 20.7 Å². The first-order valence-electron chi connectivity index (χ1n) is 6.07. The number of amides is 1. The molecule has 2 rings (SSSR count). The zero-order valence-electron chi connectivity index (χ0n) is 11.8. The van der Waals surface area contributed by atoms with Gasteiger partial charge in [-0.1, -0.05) is 4.79 Å². The van der Waals surface area contributed by atoms with Crippen LogP contribution >= 0.6 is 0 Å². The minimum absolute atomic E-state index is 0.00542. The molecule has 0 atom stereocenters. The topological polar surface area (TPSA) is 125 Å². The van der Waals surface area contributed by atoms with E-state index in [1.165, 1.54) is 44.6 Å². The molecule has 1 heterocycles. The Kier molecular flexibility index (Phi) is 4.41. The van der Waals surface area contributed by atoms with Crippen molar-refractivity contribution in [2.75, 3.05) is 14.2 Å². The molecule has 0 unspecified atom stereocenters. The Bertz CT molecular complexity index is 722. The van der Waals surface area contributed by atoms with Crippen LogP contribution < -0.4 is 10.1 Å². The van der Waals surface area contributed by atoms with Gasteiger partial charge in [-0.05, 0) is 22.9 Å². The molecule has 10 heteroatoms. The maximum absolute atomic E-state index is 11.6. The maximum Gasteiger partial charge on any atom is 0.277 e. The highest BCUT2D eigenvalue weighted by molar-refractivity contribution is 5.94. The summed E-state index contributed by atoms with van der Waals surface area (Å²) in [4.78, 5) is 22.7. The Morgan fingerprint density at radius 3 is 2.68 bits per heavy atom. The van der Waals surface area contributed by atoms with Crippen LogP contribution in [0.4, 0.5) is 5.69 Å². The smallest absolute Gasteiger partial charge is 0.277 e. The third kappa shape index (κ3) is 3.06. The molecule has 0 spiro atoms. The quantitative estimate of drug-likeness (QED) is 0.485. The number of hydrogen-bond donors (Lipinski definition) is 1. The molecule has 0 fully saturated rings. The Morgan fingerprint density at radius 1 is 1.45 bits per heavy atom. The number of nitrogens with one attached hydrogen (secondary N) is 1. The van der Waals surface area contributed by atoms with Crippen molar-refractivity contribution in [3.8, 4) is 5.88 Å². The number of aromatic nitrogens is 3. The Balaban J connectivity index is 2.24. The van der Waals surface area contributed by atoms with Gasteiger partial charge in [-0.2, -0.15) is 5.10 Å². The number of hydrogen-bond acceptors (Lipinski definition) is 7. The van der Waals surface area contributed by atoms with Crippen molar-refractivity contribution >= 4 is 17.8 Å². The zero-order chi connectivity index (χ0) is 16.1. The summed E-state index contributed by atoms with van der Waals surface area (Å²) in [6.45, 7) is 0. The average molecular weight is 304 g/mol. The Labute approximate surface area is 124 Å². The summed E-state index contributed by atoms with van der Waals surface area (Å²) >= 11 is 0. The first-order chi connectivity index (χ1) is 10.6. The summed E-state index contributed by atoms with van der Waals surface area (Å²) in [5.74, 6) is -0.369. The largest absolute Gasteiger partial charge is 0.478 e. The number of rotatable bonds is 5. The van der Waals surface area contributed by atoms with Crippen molar-refractivity contribution < 1.29 is 14.5 Å². The predicted octanol–water partition coefficient (Wildman–Crippen LogP) is 0.437. The lowest BCUT2D eigenvalue weighted by molar-refractivity contribution is -0.384. The van der Waals surface area contributed by atoms with E-state index in [4.69, 9.17) is 4.74 Å². The molecule has 0 saturated heterocycles. The molecule has 1 aromatic carbocycles. The number of nitro groups is 1. The highest BCUT2D eigenvalue weighted by Crippen LogP contribution is 2.15. The second kappa shape index (κ2) is 6.43. The average Bonchev–Trinajstić information content (AvgIpc) is 2.95. The number of carbonyl (C=O) groups excluding carboxylic acids is 1. The molecule has 2 aromatic rings. The van der Waals surface area contributed by atoms with Gasteiger partial charge in [0.05, 0.1) is 18.2 Å². The number of nitro benzene ring substituents is 1. The predicted molar refractivity (Wildman–Crippen MR) is 76.1 cm³/mol. The summed E-state index contributed by atoms with van der Waals surface area (Å²) < 4.78 is 5.05. The molecule has 1 N–H and O–H groups in total. The molecule has 1 amide bonds. The van der Waals surface area contributed by atoms with E-state index in [0.717, 1.165) is 4.79 Å². The molecule has 0 saturated carbocycles. The molecule has 0 aliphatic heterocycles. The molecule has 0 aliphatic carbocycles. The molecular formula is C12H12N6O4. The maximum atomic E-state index is 11.6. The van der Waals surface area contributed by atoms with Crippen molar-refractivity contribution in [1.29, 1.82) is 0 Å². The Morgan fingerprint density at radius 2 is 2.14 bits per heavy atom. The van der Waals surface area contributed by atoms with Gasteiger partial charge in [-0.3, -0.25) is 14.9 Å². The second-order valence-corrected chi connectivity index (χ2v) is 4.01. The third-order valence-corrected chi connectivity index (χ3v) is 2.67. The van der Waals surface area contributed by atoms with E-state index in [1.54, 1.807) is 0 Å². The fourth-order valence-corrected chi connectivity index (χ4v) is 1.58. The first kappa shape index (κ1) is 15.1. The van der Waals surface area contributed by atoms with Crippen LogP contribution in [0.25, 0.3) is 0 Å². The monoisotopic (exact) mass is 304 g/mol. The number of nitrogens with zero attached hydrogens (tertiary/aromatic N) is 5.